The van der Waals surface area contributed by atoms with E-state index in [2.05, 4.69) is 75.5 Å². The zero-order valence-corrected chi connectivity index (χ0v) is 18.2. The van der Waals surface area contributed by atoms with Crippen LogP contribution >= 0.6 is 22.7 Å². The van der Waals surface area contributed by atoms with Crippen LogP contribution in [0.25, 0.3) is 26.4 Å². The van der Waals surface area contributed by atoms with Gasteiger partial charge in [0, 0.05) is 29.6 Å². The second kappa shape index (κ2) is 7.61. The standard InChI is InChI=1S/C24H22N4S2/c1-2-6-17(7-3-1)22-20(28-14-15-29-24(28)26-22)16-27-12-10-18(11-13-27)23-25-19-8-4-5-9-21(19)30-23/h1-9,14-15,18H,10-13,16H2. The van der Waals surface area contributed by atoms with Gasteiger partial charge in [-0.1, -0.05) is 42.5 Å². The summed E-state index contributed by atoms with van der Waals surface area (Å²) in [5, 5.41) is 3.44. The lowest BCUT2D eigenvalue weighted by Gasteiger charge is -2.31. The van der Waals surface area contributed by atoms with Crippen molar-refractivity contribution in [2.45, 2.75) is 25.3 Å². The number of imidazole rings is 1. The van der Waals surface area contributed by atoms with Crippen LogP contribution in [0.4, 0.5) is 0 Å². The monoisotopic (exact) mass is 430 g/mol. The van der Waals surface area contributed by atoms with Crippen LogP contribution < -0.4 is 0 Å². The Morgan fingerprint density at radius 3 is 2.57 bits per heavy atom. The van der Waals surface area contributed by atoms with E-state index in [-0.39, 0.29) is 0 Å². The molecular weight excluding hydrogens is 408 g/mol. The molecule has 5 aromatic rings. The summed E-state index contributed by atoms with van der Waals surface area (Å²) in [6.07, 6.45) is 4.50. The molecule has 0 radical (unpaired) electrons. The molecule has 0 amide bonds. The second-order valence-electron chi connectivity index (χ2n) is 7.90. The summed E-state index contributed by atoms with van der Waals surface area (Å²) < 4.78 is 3.58. The second-order valence-corrected chi connectivity index (χ2v) is 9.83. The Hall–Kier alpha value is -2.54. The molecule has 4 nitrogen and oxygen atoms in total. The third-order valence-corrected chi connectivity index (χ3v) is 7.98. The average Bonchev–Trinajstić information content (AvgIpc) is 3.50. The van der Waals surface area contributed by atoms with Gasteiger partial charge in [-0.2, -0.15) is 0 Å². The van der Waals surface area contributed by atoms with Crippen LogP contribution in [-0.2, 0) is 6.54 Å². The fraction of sp³-hybridized carbons (Fsp3) is 0.250. The lowest BCUT2D eigenvalue weighted by molar-refractivity contribution is 0.202. The Morgan fingerprint density at radius 2 is 1.73 bits per heavy atom. The van der Waals surface area contributed by atoms with Crippen molar-refractivity contribution < 1.29 is 0 Å². The van der Waals surface area contributed by atoms with Gasteiger partial charge in [0.15, 0.2) is 4.96 Å². The van der Waals surface area contributed by atoms with Crippen molar-refractivity contribution in [1.82, 2.24) is 19.3 Å². The first kappa shape index (κ1) is 18.2. The van der Waals surface area contributed by atoms with E-state index in [9.17, 15) is 0 Å². The largest absolute Gasteiger partial charge is 0.297 e. The quantitative estimate of drug-likeness (QED) is 0.348. The number of hydrogen-bond acceptors (Lipinski definition) is 5. The molecule has 0 bridgehead atoms. The molecule has 3 aromatic heterocycles. The number of rotatable bonds is 4. The first-order valence-corrected chi connectivity index (χ1v) is 12.1. The molecule has 1 saturated heterocycles. The number of likely N-dealkylation sites (tertiary alicyclic amines) is 1. The summed E-state index contributed by atoms with van der Waals surface area (Å²) >= 11 is 3.58. The van der Waals surface area contributed by atoms with Gasteiger partial charge in [0.05, 0.1) is 26.6 Å². The molecule has 4 heterocycles. The number of hydrogen-bond donors (Lipinski definition) is 0. The minimum atomic E-state index is 0.582. The summed E-state index contributed by atoms with van der Waals surface area (Å²) in [6, 6.07) is 19.1. The number of thiazole rings is 2. The van der Waals surface area contributed by atoms with Gasteiger partial charge >= 0.3 is 0 Å². The van der Waals surface area contributed by atoms with E-state index < -0.39 is 0 Å². The van der Waals surface area contributed by atoms with Crippen molar-refractivity contribution >= 4 is 37.9 Å². The summed E-state index contributed by atoms with van der Waals surface area (Å²) in [7, 11) is 0. The molecule has 150 valence electrons. The van der Waals surface area contributed by atoms with E-state index >= 15 is 0 Å². The Kier molecular flexibility index (Phi) is 4.63. The Balaban J connectivity index is 1.22. The van der Waals surface area contributed by atoms with Crippen molar-refractivity contribution in [1.29, 1.82) is 0 Å². The number of para-hydroxylation sites is 1. The third kappa shape index (κ3) is 3.25. The highest BCUT2D eigenvalue weighted by molar-refractivity contribution is 7.18. The number of piperidine rings is 1. The van der Waals surface area contributed by atoms with Crippen molar-refractivity contribution in [2.24, 2.45) is 0 Å². The smallest absolute Gasteiger partial charge is 0.194 e. The highest BCUT2D eigenvalue weighted by Crippen LogP contribution is 2.35. The van der Waals surface area contributed by atoms with Crippen LogP contribution in [0.5, 0.6) is 0 Å². The molecule has 1 fully saturated rings. The molecule has 2 aromatic carbocycles. The molecule has 0 spiro atoms. The van der Waals surface area contributed by atoms with Gasteiger partial charge in [-0.25, -0.2) is 9.97 Å². The SMILES string of the molecule is c1ccc(-c2nc3sccn3c2CN2CCC(c3nc4ccccc4s3)CC2)cc1. The molecule has 0 saturated carbocycles. The molecule has 1 aliphatic heterocycles. The molecule has 1 aliphatic rings. The number of benzene rings is 2. The van der Waals surface area contributed by atoms with E-state index in [0.717, 1.165) is 35.8 Å². The molecule has 6 heteroatoms. The summed E-state index contributed by atoms with van der Waals surface area (Å²) in [4.78, 5) is 13.5. The molecule has 30 heavy (non-hydrogen) atoms. The first-order chi connectivity index (χ1) is 14.8. The van der Waals surface area contributed by atoms with Crippen LogP contribution in [-0.4, -0.2) is 32.4 Å². The normalized spacial score (nSPS) is 16.0. The van der Waals surface area contributed by atoms with Crippen molar-refractivity contribution in [3.8, 4) is 11.3 Å². The van der Waals surface area contributed by atoms with Crippen LogP contribution in [0.1, 0.15) is 29.5 Å². The molecule has 0 N–H and O–H groups in total. The lowest BCUT2D eigenvalue weighted by atomic mass is 9.97. The minimum Gasteiger partial charge on any atom is -0.297 e. The van der Waals surface area contributed by atoms with Gasteiger partial charge in [-0.15, -0.1) is 22.7 Å². The zero-order chi connectivity index (χ0) is 19.9. The third-order valence-electron chi connectivity index (χ3n) is 6.03. The minimum absolute atomic E-state index is 0.582. The molecule has 0 aliphatic carbocycles. The topological polar surface area (TPSA) is 33.4 Å². The van der Waals surface area contributed by atoms with Crippen molar-refractivity contribution in [2.75, 3.05) is 13.1 Å². The number of fused-ring (bicyclic) bond motifs is 2. The predicted molar refractivity (Wildman–Crippen MR) is 125 cm³/mol. The van der Waals surface area contributed by atoms with Gasteiger partial charge in [-0.05, 0) is 38.1 Å². The maximum Gasteiger partial charge on any atom is 0.194 e. The Morgan fingerprint density at radius 1 is 0.933 bits per heavy atom. The zero-order valence-electron chi connectivity index (χ0n) is 16.6. The van der Waals surface area contributed by atoms with Crippen LogP contribution in [0.15, 0.2) is 66.2 Å². The fourth-order valence-corrected chi connectivity index (χ4v) is 6.29. The Labute approximate surface area is 183 Å². The highest BCUT2D eigenvalue weighted by atomic mass is 32.1. The van der Waals surface area contributed by atoms with Crippen molar-refractivity contribution in [3.05, 3.63) is 76.9 Å². The Bertz CT molecular complexity index is 1260. The predicted octanol–water partition coefficient (Wildman–Crippen LogP) is 6.05. The summed E-state index contributed by atoms with van der Waals surface area (Å²) in [6.45, 7) is 3.15. The number of nitrogens with zero attached hydrogens (tertiary/aromatic N) is 4. The molecule has 6 rings (SSSR count). The van der Waals surface area contributed by atoms with Crippen LogP contribution in [0.3, 0.4) is 0 Å². The van der Waals surface area contributed by atoms with E-state index in [4.69, 9.17) is 9.97 Å². The van der Waals surface area contributed by atoms with Gasteiger partial charge in [0.2, 0.25) is 0 Å². The molecule has 0 atom stereocenters. The van der Waals surface area contributed by atoms with E-state index in [1.807, 2.05) is 11.3 Å². The fourth-order valence-electron chi connectivity index (χ4n) is 4.43. The summed E-state index contributed by atoms with van der Waals surface area (Å²) in [5.74, 6) is 0.582. The maximum absolute atomic E-state index is 4.94. The lowest BCUT2D eigenvalue weighted by Crippen LogP contribution is -2.33. The van der Waals surface area contributed by atoms with Gasteiger partial charge < -0.3 is 0 Å². The molecule has 0 unspecified atom stereocenters. The van der Waals surface area contributed by atoms with Crippen LogP contribution in [0, 0.1) is 0 Å². The van der Waals surface area contributed by atoms with Gasteiger partial charge in [0.25, 0.3) is 0 Å². The first-order valence-electron chi connectivity index (χ1n) is 10.4. The van der Waals surface area contributed by atoms with E-state index in [1.54, 1.807) is 11.3 Å². The average molecular weight is 431 g/mol. The van der Waals surface area contributed by atoms with Crippen LogP contribution in [0.2, 0.25) is 0 Å². The maximum atomic E-state index is 4.94. The van der Waals surface area contributed by atoms with Gasteiger partial charge in [-0.3, -0.25) is 9.30 Å². The van der Waals surface area contributed by atoms with Crippen molar-refractivity contribution in [3.63, 3.8) is 0 Å². The number of aromatic nitrogens is 3. The van der Waals surface area contributed by atoms with E-state index in [0.29, 0.717) is 5.92 Å². The highest BCUT2D eigenvalue weighted by Gasteiger charge is 2.25. The molecular formula is C24H22N4S2. The van der Waals surface area contributed by atoms with Gasteiger partial charge in [0.1, 0.15) is 0 Å². The van der Waals surface area contributed by atoms with E-state index in [1.165, 1.54) is 33.8 Å². The summed E-state index contributed by atoms with van der Waals surface area (Å²) in [5.41, 5.74) is 4.77.